The predicted molar refractivity (Wildman–Crippen MR) is 60.2 cm³/mol. The van der Waals surface area contributed by atoms with Crippen molar-refractivity contribution in [3.8, 4) is 0 Å². The van der Waals surface area contributed by atoms with E-state index in [1.165, 1.54) is 17.7 Å². The first-order valence-electron chi connectivity index (χ1n) is 4.76. The van der Waals surface area contributed by atoms with Crippen LogP contribution in [0.4, 0.5) is 0 Å². The molecule has 1 aromatic heterocycles. The van der Waals surface area contributed by atoms with Crippen LogP contribution in [0.1, 0.15) is 30.7 Å². The Labute approximate surface area is 84.5 Å². The van der Waals surface area contributed by atoms with Crippen LogP contribution in [-0.2, 0) is 0 Å². The Hall–Kier alpha value is -0.600. The number of hydrogen-bond donors (Lipinski definition) is 1. The van der Waals surface area contributed by atoms with E-state index >= 15 is 0 Å². The van der Waals surface area contributed by atoms with Gasteiger partial charge < -0.3 is 5.32 Å². The van der Waals surface area contributed by atoms with Crippen LogP contribution >= 0.6 is 11.3 Å². The second-order valence-corrected chi connectivity index (χ2v) is 4.03. The first kappa shape index (κ1) is 10.5. The highest BCUT2D eigenvalue weighted by Gasteiger charge is 2.08. The van der Waals surface area contributed by atoms with Crippen LogP contribution in [0.15, 0.2) is 30.2 Å². The predicted octanol–water partition coefficient (Wildman–Crippen LogP) is 3.36. The molecule has 0 spiro atoms. The molecule has 1 nitrogen and oxygen atoms in total. The Kier molecular flexibility index (Phi) is 4.79. The summed E-state index contributed by atoms with van der Waals surface area (Å²) in [6.07, 6.45) is 4.33. The van der Waals surface area contributed by atoms with Crippen molar-refractivity contribution in [2.75, 3.05) is 6.54 Å². The summed E-state index contributed by atoms with van der Waals surface area (Å²) in [6.45, 7) is 6.82. The van der Waals surface area contributed by atoms with Gasteiger partial charge in [0.25, 0.3) is 0 Å². The normalized spacial score (nSPS) is 12.7. The summed E-state index contributed by atoms with van der Waals surface area (Å²) < 4.78 is 0. The molecule has 0 aliphatic rings. The van der Waals surface area contributed by atoms with Gasteiger partial charge in [0.15, 0.2) is 0 Å². The van der Waals surface area contributed by atoms with E-state index in [4.69, 9.17) is 0 Å². The van der Waals surface area contributed by atoms with Crippen LogP contribution in [0.25, 0.3) is 0 Å². The lowest BCUT2D eigenvalue weighted by Crippen LogP contribution is -2.20. The van der Waals surface area contributed by atoms with Crippen LogP contribution in [0.5, 0.6) is 0 Å². The van der Waals surface area contributed by atoms with Gasteiger partial charge in [-0.25, -0.2) is 0 Å². The molecule has 1 N–H and O–H groups in total. The van der Waals surface area contributed by atoms with Crippen molar-refractivity contribution >= 4 is 11.3 Å². The summed E-state index contributed by atoms with van der Waals surface area (Å²) in [4.78, 5) is 1.43. The maximum absolute atomic E-state index is 3.71. The standard InChI is InChI=1S/C11H17NS/c1-3-6-10(12-8-4-2)11-7-5-9-13-11/h4-5,7,9-10,12H,2-3,6,8H2,1H3. The van der Waals surface area contributed by atoms with Crippen LogP contribution in [-0.4, -0.2) is 6.54 Å². The fourth-order valence-corrected chi connectivity index (χ4v) is 2.19. The van der Waals surface area contributed by atoms with Crippen molar-refractivity contribution in [1.82, 2.24) is 5.32 Å². The van der Waals surface area contributed by atoms with Gasteiger partial charge in [0.2, 0.25) is 0 Å². The highest BCUT2D eigenvalue weighted by Crippen LogP contribution is 2.22. The Morgan fingerprint density at radius 1 is 1.69 bits per heavy atom. The Morgan fingerprint density at radius 3 is 3.08 bits per heavy atom. The molecule has 13 heavy (non-hydrogen) atoms. The molecule has 0 bridgehead atoms. The third kappa shape index (κ3) is 3.33. The third-order valence-corrected chi connectivity index (χ3v) is 2.96. The van der Waals surface area contributed by atoms with Gasteiger partial charge in [-0.2, -0.15) is 0 Å². The molecular formula is C11H17NS. The minimum absolute atomic E-state index is 0.517. The molecule has 2 heteroatoms. The minimum atomic E-state index is 0.517. The molecule has 0 saturated carbocycles. The molecular weight excluding hydrogens is 178 g/mol. The van der Waals surface area contributed by atoms with E-state index in [2.05, 4.69) is 36.3 Å². The van der Waals surface area contributed by atoms with Crippen molar-refractivity contribution in [3.05, 3.63) is 35.0 Å². The Bertz CT molecular complexity index is 228. The van der Waals surface area contributed by atoms with Gasteiger partial charge in [0.1, 0.15) is 0 Å². The lowest BCUT2D eigenvalue weighted by atomic mass is 10.1. The maximum Gasteiger partial charge on any atom is 0.0417 e. The van der Waals surface area contributed by atoms with Crippen LogP contribution < -0.4 is 5.32 Å². The summed E-state index contributed by atoms with van der Waals surface area (Å²) in [7, 11) is 0. The summed E-state index contributed by atoms with van der Waals surface area (Å²) >= 11 is 1.82. The average molecular weight is 195 g/mol. The third-order valence-electron chi connectivity index (χ3n) is 1.97. The summed E-state index contributed by atoms with van der Waals surface area (Å²) in [5, 5.41) is 5.60. The van der Waals surface area contributed by atoms with Gasteiger partial charge in [0.05, 0.1) is 0 Å². The number of nitrogens with one attached hydrogen (secondary N) is 1. The molecule has 1 aromatic rings. The lowest BCUT2D eigenvalue weighted by Gasteiger charge is -2.14. The van der Waals surface area contributed by atoms with Crippen molar-refractivity contribution < 1.29 is 0 Å². The molecule has 0 fully saturated rings. The quantitative estimate of drug-likeness (QED) is 0.686. The zero-order valence-corrected chi connectivity index (χ0v) is 8.94. The van der Waals surface area contributed by atoms with E-state index < -0.39 is 0 Å². The molecule has 0 aromatic carbocycles. The minimum Gasteiger partial charge on any atom is -0.306 e. The van der Waals surface area contributed by atoms with E-state index in [0.29, 0.717) is 6.04 Å². The molecule has 72 valence electrons. The first-order valence-corrected chi connectivity index (χ1v) is 5.64. The molecule has 0 saturated heterocycles. The van der Waals surface area contributed by atoms with E-state index in [0.717, 1.165) is 6.54 Å². The Balaban J connectivity index is 2.51. The van der Waals surface area contributed by atoms with Crippen molar-refractivity contribution in [2.45, 2.75) is 25.8 Å². The molecule has 1 unspecified atom stereocenters. The van der Waals surface area contributed by atoms with E-state index in [1.807, 2.05) is 17.4 Å². The second kappa shape index (κ2) is 5.95. The van der Waals surface area contributed by atoms with Gasteiger partial charge in [0, 0.05) is 17.5 Å². The fourth-order valence-electron chi connectivity index (χ4n) is 1.35. The molecule has 0 amide bonds. The van der Waals surface area contributed by atoms with Gasteiger partial charge in [-0.3, -0.25) is 0 Å². The maximum atomic E-state index is 3.71. The monoisotopic (exact) mass is 195 g/mol. The summed E-state index contributed by atoms with van der Waals surface area (Å²) in [5.41, 5.74) is 0. The molecule has 1 rings (SSSR count). The molecule has 0 radical (unpaired) electrons. The largest absolute Gasteiger partial charge is 0.306 e. The van der Waals surface area contributed by atoms with Gasteiger partial charge >= 0.3 is 0 Å². The lowest BCUT2D eigenvalue weighted by molar-refractivity contribution is 0.528. The number of rotatable bonds is 6. The average Bonchev–Trinajstić information content (AvgIpc) is 2.65. The molecule has 1 heterocycles. The number of thiophene rings is 1. The van der Waals surface area contributed by atoms with Gasteiger partial charge in [-0.15, -0.1) is 17.9 Å². The van der Waals surface area contributed by atoms with E-state index in [9.17, 15) is 0 Å². The highest BCUT2D eigenvalue weighted by atomic mass is 32.1. The van der Waals surface area contributed by atoms with Crippen molar-refractivity contribution in [2.24, 2.45) is 0 Å². The van der Waals surface area contributed by atoms with E-state index in [-0.39, 0.29) is 0 Å². The second-order valence-electron chi connectivity index (χ2n) is 3.05. The molecule has 1 atom stereocenters. The smallest absolute Gasteiger partial charge is 0.0417 e. The van der Waals surface area contributed by atoms with Crippen LogP contribution in [0, 0.1) is 0 Å². The van der Waals surface area contributed by atoms with Gasteiger partial charge in [-0.1, -0.05) is 25.5 Å². The van der Waals surface area contributed by atoms with Crippen molar-refractivity contribution in [1.29, 1.82) is 0 Å². The van der Waals surface area contributed by atoms with Gasteiger partial charge in [-0.05, 0) is 17.9 Å². The van der Waals surface area contributed by atoms with Crippen LogP contribution in [0.2, 0.25) is 0 Å². The SMILES string of the molecule is C=CCNC(CCC)c1cccs1. The zero-order valence-electron chi connectivity index (χ0n) is 8.12. The summed E-state index contributed by atoms with van der Waals surface area (Å²) in [6, 6.07) is 4.82. The van der Waals surface area contributed by atoms with E-state index in [1.54, 1.807) is 0 Å². The molecule has 0 aliphatic carbocycles. The molecule has 0 aliphatic heterocycles. The first-order chi connectivity index (χ1) is 6.38. The van der Waals surface area contributed by atoms with Crippen LogP contribution in [0.3, 0.4) is 0 Å². The fraction of sp³-hybridized carbons (Fsp3) is 0.455. The topological polar surface area (TPSA) is 12.0 Å². The Morgan fingerprint density at radius 2 is 2.54 bits per heavy atom. The number of hydrogen-bond acceptors (Lipinski definition) is 2. The highest BCUT2D eigenvalue weighted by molar-refractivity contribution is 7.10. The summed E-state index contributed by atoms with van der Waals surface area (Å²) in [5.74, 6) is 0. The zero-order chi connectivity index (χ0) is 9.52. The van der Waals surface area contributed by atoms with Crippen molar-refractivity contribution in [3.63, 3.8) is 0 Å².